The molecule has 0 fully saturated rings. The zero-order chi connectivity index (χ0) is 21.3. The highest BCUT2D eigenvalue weighted by Gasteiger charge is 2.08. The van der Waals surface area contributed by atoms with Crippen LogP contribution < -0.4 is 20.9 Å². The first-order valence-electron chi connectivity index (χ1n) is 9.25. The first-order chi connectivity index (χ1) is 14.5. The van der Waals surface area contributed by atoms with Crippen LogP contribution in [-0.4, -0.2) is 23.5 Å². The summed E-state index contributed by atoms with van der Waals surface area (Å²) in [6, 6.07) is 20.8. The number of hydrogen-bond acceptors (Lipinski definition) is 4. The molecule has 0 radical (unpaired) electrons. The Balaban J connectivity index is 1.36. The molecule has 0 atom stereocenters. The first kappa shape index (κ1) is 21.5. The van der Waals surface area contributed by atoms with Gasteiger partial charge in [-0.2, -0.15) is 0 Å². The fraction of sp³-hybridized carbons (Fsp3) is 0.136. The van der Waals surface area contributed by atoms with Gasteiger partial charge in [-0.05, 0) is 53.2 Å². The number of benzene rings is 3. The molecule has 0 aliphatic rings. The van der Waals surface area contributed by atoms with Crippen molar-refractivity contribution in [2.24, 2.45) is 0 Å². The van der Waals surface area contributed by atoms with Crippen molar-refractivity contribution in [3.05, 3.63) is 77.3 Å². The maximum absolute atomic E-state index is 12.0. The second kappa shape index (κ2) is 10.6. The summed E-state index contributed by atoms with van der Waals surface area (Å²) in [7, 11) is 0. The van der Waals surface area contributed by atoms with Gasteiger partial charge in [0.1, 0.15) is 5.75 Å². The Morgan fingerprint density at radius 2 is 1.63 bits per heavy atom. The van der Waals surface area contributed by atoms with Gasteiger partial charge in [-0.1, -0.05) is 60.1 Å². The Morgan fingerprint density at radius 3 is 2.43 bits per heavy atom. The van der Waals surface area contributed by atoms with Crippen molar-refractivity contribution in [3.8, 4) is 5.75 Å². The van der Waals surface area contributed by atoms with Gasteiger partial charge in [0.2, 0.25) is 5.91 Å². The monoisotopic (exact) mass is 441 g/mol. The minimum atomic E-state index is -0.434. The van der Waals surface area contributed by atoms with Crippen molar-refractivity contribution < 1.29 is 14.3 Å². The van der Waals surface area contributed by atoms with E-state index in [0.29, 0.717) is 17.2 Å². The molecule has 3 aromatic carbocycles. The predicted molar refractivity (Wildman–Crippen MR) is 121 cm³/mol. The summed E-state index contributed by atoms with van der Waals surface area (Å²) < 4.78 is 5.49. The van der Waals surface area contributed by atoms with Gasteiger partial charge in [0, 0.05) is 11.4 Å². The van der Waals surface area contributed by atoms with Crippen LogP contribution in [0.2, 0.25) is 5.02 Å². The number of fused-ring (bicyclic) bond motifs is 1. The van der Waals surface area contributed by atoms with Gasteiger partial charge in [0.05, 0.1) is 0 Å². The first-order valence-corrected chi connectivity index (χ1v) is 10.0. The second-order valence-corrected chi connectivity index (χ2v) is 7.25. The molecule has 0 saturated heterocycles. The molecule has 30 heavy (non-hydrogen) atoms. The fourth-order valence-electron chi connectivity index (χ4n) is 2.74. The summed E-state index contributed by atoms with van der Waals surface area (Å²) in [5, 5.41) is 5.23. The Hall–Kier alpha value is -3.16. The van der Waals surface area contributed by atoms with Crippen LogP contribution in [-0.2, 0) is 16.0 Å². The van der Waals surface area contributed by atoms with E-state index in [0.717, 1.165) is 16.3 Å². The number of carbonyl (C=O) groups is 2. The van der Waals surface area contributed by atoms with E-state index in [1.165, 1.54) is 0 Å². The van der Waals surface area contributed by atoms with Gasteiger partial charge in [0.15, 0.2) is 11.7 Å². The largest absolute Gasteiger partial charge is 0.484 e. The van der Waals surface area contributed by atoms with E-state index in [1.807, 2.05) is 54.6 Å². The third-order valence-electron chi connectivity index (χ3n) is 4.24. The highest BCUT2D eigenvalue weighted by molar-refractivity contribution is 7.80. The van der Waals surface area contributed by atoms with Crippen LogP contribution in [0.5, 0.6) is 5.75 Å². The number of hydrogen-bond donors (Lipinski definition) is 3. The molecule has 0 unspecified atom stereocenters. The molecule has 0 aromatic heterocycles. The zero-order valence-corrected chi connectivity index (χ0v) is 17.6. The molecular formula is C22H20ClN3O3S. The standard InChI is InChI=1S/C22H20ClN3O3S/c23-19-8-4-3-6-16(19)10-12-20(27)24-22(30)26-25-21(28)14-29-18-11-9-15-5-1-2-7-17(15)13-18/h1-9,11,13H,10,12,14H2,(H,25,28)(H2,24,26,27,30). The van der Waals surface area contributed by atoms with Crippen LogP contribution in [0.15, 0.2) is 66.7 Å². The van der Waals surface area contributed by atoms with E-state index in [2.05, 4.69) is 16.2 Å². The highest BCUT2D eigenvalue weighted by Crippen LogP contribution is 2.20. The highest BCUT2D eigenvalue weighted by atomic mass is 35.5. The number of amides is 2. The Bertz CT molecular complexity index is 1070. The van der Waals surface area contributed by atoms with E-state index in [-0.39, 0.29) is 24.0 Å². The molecule has 0 saturated carbocycles. The summed E-state index contributed by atoms with van der Waals surface area (Å²) in [4.78, 5) is 23.9. The van der Waals surface area contributed by atoms with Gasteiger partial charge in [-0.3, -0.25) is 20.4 Å². The number of carbonyl (C=O) groups excluding carboxylic acids is 2. The lowest BCUT2D eigenvalue weighted by atomic mass is 10.1. The van der Waals surface area contributed by atoms with Crippen molar-refractivity contribution in [2.45, 2.75) is 12.8 Å². The van der Waals surface area contributed by atoms with E-state index in [9.17, 15) is 9.59 Å². The summed E-state index contributed by atoms with van der Waals surface area (Å²) >= 11 is 11.1. The second-order valence-electron chi connectivity index (χ2n) is 6.44. The van der Waals surface area contributed by atoms with Crippen LogP contribution in [0.1, 0.15) is 12.0 Å². The van der Waals surface area contributed by atoms with E-state index >= 15 is 0 Å². The van der Waals surface area contributed by atoms with Gasteiger partial charge in [-0.25, -0.2) is 0 Å². The van der Waals surface area contributed by atoms with E-state index in [4.69, 9.17) is 28.6 Å². The number of rotatable bonds is 6. The van der Waals surface area contributed by atoms with Crippen LogP contribution in [0.4, 0.5) is 0 Å². The van der Waals surface area contributed by atoms with Crippen molar-refractivity contribution in [2.75, 3.05) is 6.61 Å². The normalized spacial score (nSPS) is 10.3. The summed E-state index contributed by atoms with van der Waals surface area (Å²) in [5.74, 6) is -0.135. The van der Waals surface area contributed by atoms with Gasteiger partial charge >= 0.3 is 0 Å². The summed E-state index contributed by atoms with van der Waals surface area (Å²) in [6.45, 7) is -0.200. The molecule has 3 rings (SSSR count). The topological polar surface area (TPSA) is 79.5 Å². The lowest BCUT2D eigenvalue weighted by Crippen LogP contribution is -2.49. The minimum Gasteiger partial charge on any atom is -0.484 e. The van der Waals surface area contributed by atoms with Crippen molar-refractivity contribution in [1.29, 1.82) is 0 Å². The van der Waals surface area contributed by atoms with Gasteiger partial charge in [0.25, 0.3) is 5.91 Å². The Labute approximate surface area is 184 Å². The fourth-order valence-corrected chi connectivity index (χ4v) is 3.13. The molecule has 2 amide bonds. The third-order valence-corrected chi connectivity index (χ3v) is 4.81. The maximum atomic E-state index is 12.0. The van der Waals surface area contributed by atoms with Crippen LogP contribution in [0, 0.1) is 0 Å². The third kappa shape index (κ3) is 6.43. The van der Waals surface area contributed by atoms with Gasteiger partial charge in [-0.15, -0.1) is 0 Å². The molecule has 0 aliphatic heterocycles. The van der Waals surface area contributed by atoms with Crippen LogP contribution in [0.25, 0.3) is 10.8 Å². The smallest absolute Gasteiger partial charge is 0.276 e. The lowest BCUT2D eigenvalue weighted by molar-refractivity contribution is -0.124. The zero-order valence-electron chi connectivity index (χ0n) is 16.0. The van der Waals surface area contributed by atoms with E-state index in [1.54, 1.807) is 12.1 Å². The van der Waals surface area contributed by atoms with Crippen molar-refractivity contribution >= 4 is 51.5 Å². The Kier molecular flexibility index (Phi) is 7.59. The van der Waals surface area contributed by atoms with Crippen molar-refractivity contribution in [3.63, 3.8) is 0 Å². The number of halogens is 1. The summed E-state index contributed by atoms with van der Waals surface area (Å²) in [5.41, 5.74) is 5.75. The number of thiocarbonyl (C=S) groups is 1. The number of aryl methyl sites for hydroxylation is 1. The SMILES string of the molecule is O=C(COc1ccc2ccccc2c1)NNC(=S)NC(=O)CCc1ccccc1Cl. The van der Waals surface area contributed by atoms with E-state index < -0.39 is 5.91 Å². The average Bonchev–Trinajstić information content (AvgIpc) is 2.75. The van der Waals surface area contributed by atoms with Crippen LogP contribution in [0.3, 0.4) is 0 Å². The molecule has 3 N–H and O–H groups in total. The molecule has 3 aromatic rings. The maximum Gasteiger partial charge on any atom is 0.276 e. The molecule has 0 spiro atoms. The molecular weight excluding hydrogens is 422 g/mol. The number of ether oxygens (including phenoxy) is 1. The molecule has 0 bridgehead atoms. The average molecular weight is 442 g/mol. The molecule has 0 heterocycles. The quantitative estimate of drug-likeness (QED) is 0.403. The van der Waals surface area contributed by atoms with Crippen molar-refractivity contribution in [1.82, 2.24) is 16.2 Å². The number of hydrazine groups is 1. The number of nitrogens with one attached hydrogen (secondary N) is 3. The predicted octanol–water partition coefficient (Wildman–Crippen LogP) is 3.53. The molecule has 154 valence electrons. The lowest BCUT2D eigenvalue weighted by Gasteiger charge is -2.12. The minimum absolute atomic E-state index is 0.00165. The Morgan fingerprint density at radius 1 is 0.900 bits per heavy atom. The molecule has 0 aliphatic carbocycles. The summed E-state index contributed by atoms with van der Waals surface area (Å²) in [6.07, 6.45) is 0.699. The van der Waals surface area contributed by atoms with Gasteiger partial charge < -0.3 is 10.1 Å². The molecule has 6 nitrogen and oxygen atoms in total. The van der Waals surface area contributed by atoms with Crippen LogP contribution >= 0.6 is 23.8 Å². The molecule has 8 heteroatoms.